The number of nitrogens with zero attached hydrogens (tertiary/aromatic N) is 3. The van der Waals surface area contributed by atoms with E-state index in [-0.39, 0.29) is 19.1 Å². The number of nitro groups is 1. The summed E-state index contributed by atoms with van der Waals surface area (Å²) < 4.78 is 10.7. The van der Waals surface area contributed by atoms with Crippen molar-refractivity contribution >= 4 is 17.4 Å². The van der Waals surface area contributed by atoms with Gasteiger partial charge in [0.1, 0.15) is 16.8 Å². The minimum Gasteiger partial charge on any atom is -0.467 e. The summed E-state index contributed by atoms with van der Waals surface area (Å²) in [6.45, 7) is 4.13. The Labute approximate surface area is 148 Å². The van der Waals surface area contributed by atoms with E-state index in [1.807, 2.05) is 19.9 Å². The van der Waals surface area contributed by atoms with Gasteiger partial charge in [-0.2, -0.15) is 5.26 Å². The standard InChI is InChI=1S/C17H15N3O4S/c1-10-3-11(2)19-17(15(10)6-18)25-8-13-5-14(20(21)22)4-12-7-23-9-24-16(12)13/h3-5H,7-9H2,1-2H3. The van der Waals surface area contributed by atoms with Gasteiger partial charge in [0.15, 0.2) is 6.79 Å². The molecule has 0 fully saturated rings. The molecule has 0 unspecified atom stereocenters. The highest BCUT2D eigenvalue weighted by Gasteiger charge is 2.21. The van der Waals surface area contributed by atoms with Crippen molar-refractivity contribution in [1.29, 1.82) is 5.26 Å². The molecular weight excluding hydrogens is 342 g/mol. The number of nitro benzene ring substituents is 1. The van der Waals surface area contributed by atoms with E-state index in [0.29, 0.717) is 33.2 Å². The molecule has 0 aliphatic carbocycles. The molecule has 8 heteroatoms. The number of aryl methyl sites for hydroxylation is 2. The predicted octanol–water partition coefficient (Wildman–Crippen LogP) is 3.64. The molecule has 0 N–H and O–H groups in total. The van der Waals surface area contributed by atoms with Crippen LogP contribution < -0.4 is 4.74 Å². The Balaban J connectivity index is 1.95. The molecule has 1 aromatic carbocycles. The summed E-state index contributed by atoms with van der Waals surface area (Å²) in [5.74, 6) is 1.03. The summed E-state index contributed by atoms with van der Waals surface area (Å²) in [5, 5.41) is 21.1. The van der Waals surface area contributed by atoms with Gasteiger partial charge >= 0.3 is 0 Å². The number of nitriles is 1. The lowest BCUT2D eigenvalue weighted by molar-refractivity contribution is -0.385. The molecule has 25 heavy (non-hydrogen) atoms. The molecule has 3 rings (SSSR count). The van der Waals surface area contributed by atoms with Crippen LogP contribution in [0.3, 0.4) is 0 Å². The van der Waals surface area contributed by atoms with Crippen molar-refractivity contribution in [3.63, 3.8) is 0 Å². The number of aromatic nitrogens is 1. The van der Waals surface area contributed by atoms with Crippen molar-refractivity contribution in [2.45, 2.75) is 31.2 Å². The van der Waals surface area contributed by atoms with E-state index in [9.17, 15) is 15.4 Å². The number of hydrogen-bond acceptors (Lipinski definition) is 7. The zero-order chi connectivity index (χ0) is 18.0. The van der Waals surface area contributed by atoms with Crippen molar-refractivity contribution < 1.29 is 14.4 Å². The average molecular weight is 357 g/mol. The Morgan fingerprint density at radius 2 is 2.20 bits per heavy atom. The van der Waals surface area contributed by atoms with Crippen LogP contribution in [0.25, 0.3) is 0 Å². The Morgan fingerprint density at radius 3 is 2.92 bits per heavy atom. The number of pyridine rings is 1. The molecule has 2 heterocycles. The third-order valence-corrected chi connectivity index (χ3v) is 4.79. The van der Waals surface area contributed by atoms with E-state index in [1.54, 1.807) is 0 Å². The summed E-state index contributed by atoms with van der Waals surface area (Å²) >= 11 is 1.37. The molecule has 1 aliphatic heterocycles. The van der Waals surface area contributed by atoms with Gasteiger partial charge < -0.3 is 9.47 Å². The highest BCUT2D eigenvalue weighted by atomic mass is 32.2. The molecule has 1 aliphatic rings. The van der Waals surface area contributed by atoms with E-state index in [0.717, 1.165) is 11.3 Å². The molecule has 0 amide bonds. The second kappa shape index (κ2) is 7.09. The maximum atomic E-state index is 11.2. The SMILES string of the molecule is Cc1cc(C)c(C#N)c(SCc2cc([N+](=O)[O-])cc3c2OCOC3)n1. The summed E-state index contributed by atoms with van der Waals surface area (Å²) in [4.78, 5) is 15.2. The topological polar surface area (TPSA) is 98.3 Å². The Hall–Kier alpha value is -2.63. The van der Waals surface area contributed by atoms with Crippen molar-refractivity contribution in [2.24, 2.45) is 0 Å². The molecule has 1 aromatic heterocycles. The lowest BCUT2D eigenvalue weighted by Crippen LogP contribution is -2.13. The number of ether oxygens (including phenoxy) is 2. The molecule has 0 saturated heterocycles. The molecule has 0 radical (unpaired) electrons. The van der Waals surface area contributed by atoms with Crippen molar-refractivity contribution in [3.8, 4) is 11.8 Å². The minimum absolute atomic E-state index is 0.00246. The first-order valence-corrected chi connectivity index (χ1v) is 8.50. The van der Waals surface area contributed by atoms with Gasteiger partial charge in [0.2, 0.25) is 0 Å². The van der Waals surface area contributed by atoms with Crippen molar-refractivity contribution in [2.75, 3.05) is 6.79 Å². The van der Waals surface area contributed by atoms with Gasteiger partial charge in [-0.3, -0.25) is 10.1 Å². The van der Waals surface area contributed by atoms with Crippen LogP contribution in [0.15, 0.2) is 23.2 Å². The molecule has 7 nitrogen and oxygen atoms in total. The maximum absolute atomic E-state index is 11.2. The second-order valence-electron chi connectivity index (χ2n) is 5.62. The van der Waals surface area contributed by atoms with E-state index in [1.165, 1.54) is 23.9 Å². The van der Waals surface area contributed by atoms with Crippen LogP contribution in [0.5, 0.6) is 5.75 Å². The van der Waals surface area contributed by atoms with Crippen LogP contribution in [-0.4, -0.2) is 16.7 Å². The first-order chi connectivity index (χ1) is 12.0. The minimum atomic E-state index is -0.432. The van der Waals surface area contributed by atoms with Crippen LogP contribution in [0.2, 0.25) is 0 Å². The number of hydrogen-bond donors (Lipinski definition) is 0. The van der Waals surface area contributed by atoms with Crippen LogP contribution >= 0.6 is 11.8 Å². The van der Waals surface area contributed by atoms with E-state index < -0.39 is 4.92 Å². The number of rotatable bonds is 4. The van der Waals surface area contributed by atoms with Crippen LogP contribution in [-0.2, 0) is 17.1 Å². The Bertz CT molecular complexity index is 892. The van der Waals surface area contributed by atoms with Gasteiger partial charge in [0.05, 0.1) is 17.1 Å². The number of benzene rings is 1. The van der Waals surface area contributed by atoms with Crippen molar-refractivity contribution in [1.82, 2.24) is 4.98 Å². The third kappa shape index (κ3) is 3.57. The van der Waals surface area contributed by atoms with E-state index >= 15 is 0 Å². The molecule has 0 spiro atoms. The summed E-state index contributed by atoms with van der Waals surface area (Å²) in [5.41, 5.74) is 3.57. The molecule has 128 valence electrons. The highest BCUT2D eigenvalue weighted by Crippen LogP contribution is 2.36. The summed E-state index contributed by atoms with van der Waals surface area (Å²) in [6.07, 6.45) is 0. The average Bonchev–Trinajstić information content (AvgIpc) is 2.59. The normalized spacial score (nSPS) is 12.8. The van der Waals surface area contributed by atoms with Gasteiger partial charge in [-0.1, -0.05) is 0 Å². The Morgan fingerprint density at radius 1 is 1.40 bits per heavy atom. The van der Waals surface area contributed by atoms with Crippen molar-refractivity contribution in [3.05, 3.63) is 56.3 Å². The van der Waals surface area contributed by atoms with Crippen LogP contribution in [0.4, 0.5) is 5.69 Å². The van der Waals surface area contributed by atoms with Gasteiger partial charge in [0.25, 0.3) is 5.69 Å². The highest BCUT2D eigenvalue weighted by molar-refractivity contribution is 7.98. The largest absolute Gasteiger partial charge is 0.467 e. The Kier molecular flexibility index (Phi) is 4.88. The quantitative estimate of drug-likeness (QED) is 0.468. The predicted molar refractivity (Wildman–Crippen MR) is 91.4 cm³/mol. The van der Waals surface area contributed by atoms with Gasteiger partial charge in [-0.15, -0.1) is 11.8 Å². The van der Waals surface area contributed by atoms with Gasteiger partial charge in [0, 0.05) is 34.7 Å². The van der Waals surface area contributed by atoms with Crippen LogP contribution in [0.1, 0.15) is 27.9 Å². The smallest absolute Gasteiger partial charge is 0.270 e. The fourth-order valence-corrected chi connectivity index (χ4v) is 3.75. The summed E-state index contributed by atoms with van der Waals surface area (Å²) in [7, 11) is 0. The zero-order valence-electron chi connectivity index (χ0n) is 13.7. The van der Waals surface area contributed by atoms with E-state index in [4.69, 9.17) is 9.47 Å². The first-order valence-electron chi connectivity index (χ1n) is 7.51. The second-order valence-corrected chi connectivity index (χ2v) is 6.59. The molecule has 0 bridgehead atoms. The molecule has 0 saturated carbocycles. The lowest BCUT2D eigenvalue weighted by atomic mass is 10.1. The van der Waals surface area contributed by atoms with Crippen LogP contribution in [0, 0.1) is 35.3 Å². The molecule has 0 atom stereocenters. The number of thioether (sulfide) groups is 1. The third-order valence-electron chi connectivity index (χ3n) is 3.77. The lowest BCUT2D eigenvalue weighted by Gasteiger charge is -2.20. The maximum Gasteiger partial charge on any atom is 0.270 e. The van der Waals surface area contributed by atoms with Gasteiger partial charge in [-0.05, 0) is 25.5 Å². The molecular formula is C17H15N3O4S. The zero-order valence-corrected chi connectivity index (χ0v) is 14.6. The number of non-ortho nitro benzene ring substituents is 1. The summed E-state index contributed by atoms with van der Waals surface area (Å²) in [6, 6.07) is 7.01. The van der Waals surface area contributed by atoms with Gasteiger partial charge in [-0.25, -0.2) is 4.98 Å². The number of fused-ring (bicyclic) bond motifs is 1. The fourth-order valence-electron chi connectivity index (χ4n) is 2.68. The fraction of sp³-hybridized carbons (Fsp3) is 0.294. The molecule has 2 aromatic rings. The first kappa shape index (κ1) is 17.2. The monoisotopic (exact) mass is 357 g/mol. The van der Waals surface area contributed by atoms with E-state index in [2.05, 4.69) is 11.1 Å².